The van der Waals surface area contributed by atoms with Gasteiger partial charge in [-0.3, -0.25) is 0 Å². The summed E-state index contributed by atoms with van der Waals surface area (Å²) in [7, 11) is 0. The average Bonchev–Trinajstić information content (AvgIpc) is 3.72. The van der Waals surface area contributed by atoms with E-state index >= 15 is 0 Å². The summed E-state index contributed by atoms with van der Waals surface area (Å²) in [5.41, 5.74) is 2.37. The van der Waals surface area contributed by atoms with Gasteiger partial charge in [-0.15, -0.1) is 0 Å². The molecule has 0 saturated heterocycles. The number of furan rings is 1. The summed E-state index contributed by atoms with van der Waals surface area (Å²) in [4.78, 5) is 0. The van der Waals surface area contributed by atoms with Gasteiger partial charge in [-0.05, 0) is 93.8 Å². The Balaban J connectivity index is 1.34. The van der Waals surface area contributed by atoms with E-state index in [0.29, 0.717) is 27.5 Å². The van der Waals surface area contributed by atoms with Crippen LogP contribution in [0.3, 0.4) is 0 Å². The molecule has 1 heterocycles. The Labute approximate surface area is 315 Å². The molecular formula is C50H30O. The summed E-state index contributed by atoms with van der Waals surface area (Å²) in [6, 6.07) is 18.6. The summed E-state index contributed by atoms with van der Waals surface area (Å²) in [6.45, 7) is 0. The van der Waals surface area contributed by atoms with Gasteiger partial charge < -0.3 is 4.42 Å². The fourth-order valence-corrected chi connectivity index (χ4v) is 7.60. The molecule has 0 amide bonds. The highest BCUT2D eigenvalue weighted by atomic mass is 16.3. The first-order chi connectivity index (χ1) is 31.5. The van der Waals surface area contributed by atoms with Gasteiger partial charge in [0.2, 0.25) is 0 Å². The van der Waals surface area contributed by atoms with E-state index in [4.69, 9.17) is 18.1 Å². The zero-order valence-electron chi connectivity index (χ0n) is 41.6. The van der Waals surface area contributed by atoms with Crippen molar-refractivity contribution in [1.82, 2.24) is 0 Å². The molecule has 0 aliphatic rings. The smallest absolute Gasteiger partial charge is 0.143 e. The molecule has 0 spiro atoms. The first kappa shape index (κ1) is 17.3. The van der Waals surface area contributed by atoms with Crippen molar-refractivity contribution in [1.29, 1.82) is 0 Å². The van der Waals surface area contributed by atoms with Crippen LogP contribution < -0.4 is 0 Å². The van der Waals surface area contributed by atoms with Gasteiger partial charge in [0.05, 0.1) is 20.6 Å². The molecule has 1 heteroatoms. The van der Waals surface area contributed by atoms with E-state index in [1.807, 2.05) is 78.9 Å². The molecule has 0 bridgehead atoms. The number of fused-ring (bicyclic) bond motifs is 9. The molecule has 0 saturated carbocycles. The van der Waals surface area contributed by atoms with Gasteiger partial charge in [0.1, 0.15) is 11.2 Å². The maximum Gasteiger partial charge on any atom is 0.143 e. The van der Waals surface area contributed by atoms with E-state index in [1.165, 1.54) is 0 Å². The Morgan fingerprint density at radius 2 is 0.961 bits per heavy atom. The van der Waals surface area contributed by atoms with Crippen molar-refractivity contribution in [2.24, 2.45) is 0 Å². The predicted octanol–water partition coefficient (Wildman–Crippen LogP) is 14.4. The molecule has 11 aromatic rings. The van der Waals surface area contributed by atoms with Crippen molar-refractivity contribution in [3.8, 4) is 33.4 Å². The minimum absolute atomic E-state index is 0.0277. The van der Waals surface area contributed by atoms with Crippen molar-refractivity contribution in [3.63, 3.8) is 0 Å². The molecule has 51 heavy (non-hydrogen) atoms. The Hall–Kier alpha value is -6.70. The van der Waals surface area contributed by atoms with Crippen LogP contribution in [-0.4, -0.2) is 0 Å². The number of benzene rings is 10. The number of hydrogen-bond donors (Lipinski definition) is 0. The summed E-state index contributed by atoms with van der Waals surface area (Å²) in [6.07, 6.45) is 0. The Morgan fingerprint density at radius 3 is 1.76 bits per heavy atom. The Morgan fingerprint density at radius 1 is 0.373 bits per heavy atom. The van der Waals surface area contributed by atoms with Crippen LogP contribution in [0.1, 0.15) is 20.6 Å². The number of rotatable bonds is 3. The zero-order chi connectivity index (χ0) is 46.5. The minimum atomic E-state index is -0.760. The standard InChI is InChI=1S/C50H30O/c1-3-16-35-31(12-1)14-9-23-38(35)47-39-18-5-7-20-41(39)48(42-21-8-6-19-40(42)47)43-24-10-15-33-26-27-34(30-45(33)43)37-22-11-25-44-49-36-17-4-2-13-32(36)28-29-46(49)51-50(37)44/h1-30H/i1D,3D,5D,6D,7D,8D,9D,12D,14D,16D,18D,19D,20D,21D,23D. The highest BCUT2D eigenvalue weighted by Gasteiger charge is 2.20. The van der Waals surface area contributed by atoms with Crippen molar-refractivity contribution in [2.45, 2.75) is 0 Å². The lowest BCUT2D eigenvalue weighted by Crippen LogP contribution is -1.92. The SMILES string of the molecule is [2H]c1c([2H])c([2H])c2c(-c3c4c([2H])c([2H])c([2H])c([2H])c4c(-c4cccc5ccc(-c6cccc7c6oc6ccc8ccccc8c67)cc45)c4c([2H])c([2H])c([2H])c([2H])c34)c([2H])c([2H])c([2H])c2c1[2H]. The van der Waals surface area contributed by atoms with Crippen LogP contribution in [0.25, 0.3) is 109 Å². The van der Waals surface area contributed by atoms with Gasteiger partial charge in [0.25, 0.3) is 0 Å². The average molecular weight is 662 g/mol. The molecule has 0 N–H and O–H groups in total. The topological polar surface area (TPSA) is 13.1 Å². The van der Waals surface area contributed by atoms with Crippen LogP contribution >= 0.6 is 0 Å². The van der Waals surface area contributed by atoms with Gasteiger partial charge >= 0.3 is 0 Å². The largest absolute Gasteiger partial charge is 0.455 e. The van der Waals surface area contributed by atoms with Crippen molar-refractivity contribution >= 4 is 75.8 Å². The van der Waals surface area contributed by atoms with Crippen LogP contribution in [0, 0.1) is 0 Å². The second kappa shape index (κ2) is 10.9. The molecule has 0 fully saturated rings. The lowest BCUT2D eigenvalue weighted by molar-refractivity contribution is 0.670. The highest BCUT2D eigenvalue weighted by Crippen LogP contribution is 2.47. The molecule has 0 atom stereocenters. The second-order valence-corrected chi connectivity index (χ2v) is 12.4. The molecule has 1 nitrogen and oxygen atoms in total. The van der Waals surface area contributed by atoms with Gasteiger partial charge in [-0.25, -0.2) is 0 Å². The summed E-state index contributed by atoms with van der Waals surface area (Å²) in [5.74, 6) is 0. The first-order valence-corrected chi connectivity index (χ1v) is 16.4. The molecule has 0 aliphatic heterocycles. The number of hydrogen-bond acceptors (Lipinski definition) is 1. The molecule has 0 radical (unpaired) electrons. The maximum absolute atomic E-state index is 9.56. The predicted molar refractivity (Wildman–Crippen MR) is 218 cm³/mol. The van der Waals surface area contributed by atoms with Crippen molar-refractivity contribution in [3.05, 3.63) is 182 Å². The Bertz CT molecular complexity index is 3970. The van der Waals surface area contributed by atoms with E-state index in [9.17, 15) is 6.85 Å². The van der Waals surface area contributed by atoms with Gasteiger partial charge in [-0.2, -0.15) is 0 Å². The van der Waals surface area contributed by atoms with Crippen molar-refractivity contribution < 1.29 is 25.0 Å². The maximum atomic E-state index is 9.56. The van der Waals surface area contributed by atoms with E-state index in [0.717, 1.165) is 32.7 Å². The third-order valence-electron chi connectivity index (χ3n) is 9.79. The van der Waals surface area contributed by atoms with Crippen LogP contribution in [-0.2, 0) is 0 Å². The molecule has 0 aliphatic carbocycles. The van der Waals surface area contributed by atoms with Crippen LogP contribution in [0.5, 0.6) is 0 Å². The lowest BCUT2D eigenvalue weighted by Gasteiger charge is -2.20. The van der Waals surface area contributed by atoms with E-state index in [1.54, 1.807) is 12.1 Å². The monoisotopic (exact) mass is 661 g/mol. The molecule has 0 unspecified atom stereocenters. The zero-order valence-corrected chi connectivity index (χ0v) is 26.6. The van der Waals surface area contributed by atoms with E-state index < -0.39 is 107 Å². The van der Waals surface area contributed by atoms with Crippen molar-refractivity contribution in [2.75, 3.05) is 0 Å². The van der Waals surface area contributed by atoms with Gasteiger partial charge in [-0.1, -0.05) is 169 Å². The molecule has 1 aromatic heterocycles. The lowest BCUT2D eigenvalue weighted by atomic mass is 9.83. The molecule has 236 valence electrons. The van der Waals surface area contributed by atoms with Crippen LogP contribution in [0.4, 0.5) is 0 Å². The van der Waals surface area contributed by atoms with E-state index in [-0.39, 0.29) is 32.7 Å². The Kier molecular flexibility index (Phi) is 3.70. The normalized spacial score (nSPS) is 16.0. The summed E-state index contributed by atoms with van der Waals surface area (Å²) in [5, 5.41) is 3.35. The first-order valence-electron chi connectivity index (χ1n) is 23.9. The second-order valence-electron chi connectivity index (χ2n) is 12.4. The van der Waals surface area contributed by atoms with Gasteiger partial charge in [0, 0.05) is 16.3 Å². The fraction of sp³-hybridized carbons (Fsp3) is 0. The highest BCUT2D eigenvalue weighted by molar-refractivity contribution is 6.26. The quantitative estimate of drug-likeness (QED) is 0.172. The minimum Gasteiger partial charge on any atom is -0.455 e. The molecule has 10 aromatic carbocycles. The van der Waals surface area contributed by atoms with Gasteiger partial charge in [0.15, 0.2) is 0 Å². The van der Waals surface area contributed by atoms with Crippen LogP contribution in [0.2, 0.25) is 0 Å². The summed E-state index contributed by atoms with van der Waals surface area (Å²) < 4.78 is 142. The van der Waals surface area contributed by atoms with E-state index in [2.05, 4.69) is 0 Å². The molecule has 11 rings (SSSR count). The third-order valence-corrected chi connectivity index (χ3v) is 9.79. The van der Waals surface area contributed by atoms with Crippen LogP contribution in [0.15, 0.2) is 186 Å². The number of para-hydroxylation sites is 1. The molecular weight excluding hydrogens is 617 g/mol. The third kappa shape index (κ3) is 4.16. The fourth-order valence-electron chi connectivity index (χ4n) is 7.60. The summed E-state index contributed by atoms with van der Waals surface area (Å²) >= 11 is 0.